The summed E-state index contributed by atoms with van der Waals surface area (Å²) in [4.78, 5) is 1.43. The van der Waals surface area contributed by atoms with E-state index >= 15 is 0 Å². The molecule has 1 aromatic rings. The fourth-order valence-corrected chi connectivity index (χ4v) is 4.45. The Balaban J connectivity index is 1.91. The maximum Gasteiger partial charge on any atom is 0.0631 e. The third kappa shape index (κ3) is 4.30. The van der Waals surface area contributed by atoms with E-state index in [-0.39, 0.29) is 5.60 Å². The van der Waals surface area contributed by atoms with Crippen LogP contribution < -0.4 is 5.32 Å². The minimum absolute atomic E-state index is 0.0297. The fourth-order valence-electron chi connectivity index (χ4n) is 3.69. The lowest BCUT2D eigenvalue weighted by Crippen LogP contribution is -2.45. The number of hydrogen-bond acceptors (Lipinski definition) is 3. The average molecular weight is 310 g/mol. The average Bonchev–Trinajstić information content (AvgIpc) is 2.91. The first kappa shape index (κ1) is 17.0. The molecule has 120 valence electrons. The summed E-state index contributed by atoms with van der Waals surface area (Å²) in [5.41, 5.74) is 0.450. The molecule has 0 aromatic carbocycles. The number of nitrogens with one attached hydrogen (secondary N) is 1. The summed E-state index contributed by atoms with van der Waals surface area (Å²) in [5, 5.41) is 5.87. The largest absolute Gasteiger partial charge is 0.376 e. The molecule has 0 aliphatic carbocycles. The van der Waals surface area contributed by atoms with Crippen LogP contribution in [-0.4, -0.2) is 18.8 Å². The van der Waals surface area contributed by atoms with Crippen molar-refractivity contribution in [1.29, 1.82) is 0 Å². The lowest BCUT2D eigenvalue weighted by molar-refractivity contribution is -0.121. The summed E-state index contributed by atoms with van der Waals surface area (Å²) in [6, 6.07) is 4.81. The van der Waals surface area contributed by atoms with E-state index in [1.54, 1.807) is 0 Å². The predicted octanol–water partition coefficient (Wildman–Crippen LogP) is 5.02. The van der Waals surface area contributed by atoms with Crippen molar-refractivity contribution in [2.75, 3.05) is 13.2 Å². The van der Waals surface area contributed by atoms with Gasteiger partial charge in [0.05, 0.1) is 5.60 Å². The first-order valence-electron chi connectivity index (χ1n) is 8.25. The van der Waals surface area contributed by atoms with Gasteiger partial charge in [-0.25, -0.2) is 0 Å². The monoisotopic (exact) mass is 309 g/mol. The van der Waals surface area contributed by atoms with Crippen molar-refractivity contribution in [2.45, 2.75) is 65.5 Å². The van der Waals surface area contributed by atoms with Crippen molar-refractivity contribution in [3.8, 4) is 0 Å². The Kier molecular flexibility index (Phi) is 5.50. The van der Waals surface area contributed by atoms with Crippen LogP contribution in [0.3, 0.4) is 0 Å². The van der Waals surface area contributed by atoms with Crippen LogP contribution in [0.1, 0.15) is 64.8 Å². The summed E-state index contributed by atoms with van der Waals surface area (Å²) >= 11 is 1.84. The summed E-state index contributed by atoms with van der Waals surface area (Å²) in [6.45, 7) is 13.5. The van der Waals surface area contributed by atoms with Gasteiger partial charge in [0.2, 0.25) is 0 Å². The third-order valence-electron chi connectivity index (χ3n) is 5.14. The van der Waals surface area contributed by atoms with E-state index in [0.29, 0.717) is 17.4 Å². The van der Waals surface area contributed by atoms with E-state index in [1.165, 1.54) is 24.1 Å². The van der Waals surface area contributed by atoms with Crippen LogP contribution >= 0.6 is 11.3 Å². The van der Waals surface area contributed by atoms with Crippen LogP contribution in [0.2, 0.25) is 0 Å². The van der Waals surface area contributed by atoms with E-state index in [2.05, 4.69) is 57.4 Å². The van der Waals surface area contributed by atoms with Crippen molar-refractivity contribution < 1.29 is 4.74 Å². The molecular formula is C18H31NOS. The van der Waals surface area contributed by atoms with Gasteiger partial charge in [-0.1, -0.05) is 19.9 Å². The smallest absolute Gasteiger partial charge is 0.0631 e. The van der Waals surface area contributed by atoms with Gasteiger partial charge in [0, 0.05) is 17.5 Å². The minimum atomic E-state index is 0.0297. The molecule has 0 spiro atoms. The topological polar surface area (TPSA) is 21.3 Å². The number of rotatable bonds is 6. The second-order valence-corrected chi connectivity index (χ2v) is 8.47. The van der Waals surface area contributed by atoms with Crippen LogP contribution in [0.25, 0.3) is 0 Å². The molecule has 1 aliphatic rings. The van der Waals surface area contributed by atoms with Crippen LogP contribution in [0.5, 0.6) is 0 Å². The first-order valence-corrected chi connectivity index (χ1v) is 9.13. The van der Waals surface area contributed by atoms with Crippen molar-refractivity contribution in [3.05, 3.63) is 22.4 Å². The molecular weight excluding hydrogens is 278 g/mol. The van der Waals surface area contributed by atoms with E-state index in [1.807, 2.05) is 11.3 Å². The Labute approximate surface area is 134 Å². The maximum atomic E-state index is 5.94. The molecule has 21 heavy (non-hydrogen) atoms. The lowest BCUT2D eigenvalue weighted by Gasteiger charge is -2.48. The predicted molar refractivity (Wildman–Crippen MR) is 91.9 cm³/mol. The highest BCUT2D eigenvalue weighted by molar-refractivity contribution is 7.10. The molecule has 0 unspecified atom stereocenters. The van der Waals surface area contributed by atoms with Gasteiger partial charge in [0.1, 0.15) is 0 Å². The molecule has 1 fully saturated rings. The second kappa shape index (κ2) is 6.80. The molecule has 2 nitrogen and oxygen atoms in total. The Hall–Kier alpha value is -0.380. The molecule has 1 saturated heterocycles. The number of hydrogen-bond donors (Lipinski definition) is 1. The zero-order chi connectivity index (χ0) is 15.5. The van der Waals surface area contributed by atoms with Crippen molar-refractivity contribution in [3.63, 3.8) is 0 Å². The highest BCUT2D eigenvalue weighted by Crippen LogP contribution is 2.46. The van der Waals surface area contributed by atoms with Gasteiger partial charge in [-0.15, -0.1) is 11.3 Å². The van der Waals surface area contributed by atoms with Crippen LogP contribution in [0.15, 0.2) is 17.5 Å². The van der Waals surface area contributed by atoms with E-state index in [4.69, 9.17) is 4.74 Å². The molecule has 2 heterocycles. The normalized spacial score (nSPS) is 27.0. The van der Waals surface area contributed by atoms with E-state index in [0.717, 1.165) is 13.2 Å². The zero-order valence-corrected chi connectivity index (χ0v) is 15.1. The third-order valence-corrected chi connectivity index (χ3v) is 6.19. The van der Waals surface area contributed by atoms with Crippen molar-refractivity contribution in [2.24, 2.45) is 11.3 Å². The Morgan fingerprint density at radius 2 is 2.10 bits per heavy atom. The molecule has 0 radical (unpaired) electrons. The molecule has 0 saturated carbocycles. The van der Waals surface area contributed by atoms with Crippen molar-refractivity contribution >= 4 is 11.3 Å². The number of ether oxygens (including phenoxy) is 1. The van der Waals surface area contributed by atoms with Gasteiger partial charge in [0.25, 0.3) is 0 Å². The SMILES string of the molecule is CC(C)[C@@]1(CCN[C@H](C)c2cccs2)CCOC(C)(C)C1. The van der Waals surface area contributed by atoms with E-state index in [9.17, 15) is 0 Å². The van der Waals surface area contributed by atoms with Gasteiger partial charge in [0.15, 0.2) is 0 Å². The van der Waals surface area contributed by atoms with Crippen LogP contribution in [0.4, 0.5) is 0 Å². The van der Waals surface area contributed by atoms with Gasteiger partial charge >= 0.3 is 0 Å². The van der Waals surface area contributed by atoms with Gasteiger partial charge < -0.3 is 10.1 Å². The van der Waals surface area contributed by atoms with Crippen LogP contribution in [-0.2, 0) is 4.74 Å². The summed E-state index contributed by atoms with van der Waals surface area (Å²) < 4.78 is 5.94. The highest BCUT2D eigenvalue weighted by Gasteiger charge is 2.42. The van der Waals surface area contributed by atoms with Crippen molar-refractivity contribution in [1.82, 2.24) is 5.32 Å². The molecule has 3 heteroatoms. The molecule has 1 aliphatic heterocycles. The number of thiophene rings is 1. The maximum absolute atomic E-state index is 5.94. The lowest BCUT2D eigenvalue weighted by atomic mass is 9.65. The standard InChI is InChI=1S/C18H31NOS/c1-14(2)18(9-11-20-17(4,5)13-18)8-10-19-15(3)16-7-6-12-21-16/h6-7,12,14-15,19H,8-11,13H2,1-5H3/t15-,18+/m1/s1. The second-order valence-electron chi connectivity index (χ2n) is 7.49. The molecule has 1 aromatic heterocycles. The quantitative estimate of drug-likeness (QED) is 0.796. The minimum Gasteiger partial charge on any atom is -0.376 e. The zero-order valence-electron chi connectivity index (χ0n) is 14.2. The van der Waals surface area contributed by atoms with Crippen LogP contribution in [0, 0.1) is 11.3 Å². The van der Waals surface area contributed by atoms with Gasteiger partial charge in [-0.05, 0) is 69.4 Å². The Bertz CT molecular complexity index is 426. The summed E-state index contributed by atoms with van der Waals surface area (Å²) in [6.07, 6.45) is 3.61. The molecule has 2 atom stereocenters. The Morgan fingerprint density at radius 1 is 1.33 bits per heavy atom. The molecule has 0 amide bonds. The Morgan fingerprint density at radius 3 is 2.67 bits per heavy atom. The first-order chi connectivity index (χ1) is 9.85. The van der Waals surface area contributed by atoms with Gasteiger partial charge in [-0.3, -0.25) is 0 Å². The summed E-state index contributed by atoms with van der Waals surface area (Å²) in [7, 11) is 0. The van der Waals surface area contributed by atoms with Gasteiger partial charge in [-0.2, -0.15) is 0 Å². The van der Waals surface area contributed by atoms with E-state index < -0.39 is 0 Å². The molecule has 0 bridgehead atoms. The fraction of sp³-hybridized carbons (Fsp3) is 0.778. The molecule has 1 N–H and O–H groups in total. The summed E-state index contributed by atoms with van der Waals surface area (Å²) in [5.74, 6) is 0.708. The molecule has 2 rings (SSSR count). The highest BCUT2D eigenvalue weighted by atomic mass is 32.1.